The summed E-state index contributed by atoms with van der Waals surface area (Å²) in [5, 5.41) is 9.33. The first-order valence-electron chi connectivity index (χ1n) is 5.84. The molecule has 1 saturated carbocycles. The van der Waals surface area contributed by atoms with Crippen LogP contribution in [0.2, 0.25) is 0 Å². The molecule has 0 saturated heterocycles. The van der Waals surface area contributed by atoms with Crippen molar-refractivity contribution >= 4 is 10.0 Å². The van der Waals surface area contributed by atoms with Crippen molar-refractivity contribution in [1.82, 2.24) is 4.31 Å². The van der Waals surface area contributed by atoms with Gasteiger partial charge in [0.1, 0.15) is 6.73 Å². The number of nitrogens with zero attached hydrogens (tertiary/aromatic N) is 1. The monoisotopic (exact) mass is 255 g/mol. The van der Waals surface area contributed by atoms with Crippen LogP contribution >= 0.6 is 0 Å². The van der Waals surface area contributed by atoms with Gasteiger partial charge in [0, 0.05) is 6.04 Å². The molecule has 0 aliphatic heterocycles. The summed E-state index contributed by atoms with van der Waals surface area (Å²) in [6.07, 6.45) is 3.75. The molecule has 0 amide bonds. The molecule has 0 heterocycles. The van der Waals surface area contributed by atoms with Crippen molar-refractivity contribution < 1.29 is 13.5 Å². The number of aliphatic hydroxyl groups excluding tert-OH is 1. The Kier molecular flexibility index (Phi) is 3.81. The molecule has 0 spiro atoms. The number of aliphatic hydroxyl groups is 1. The highest BCUT2D eigenvalue weighted by Gasteiger charge is 2.32. The molecule has 0 unspecified atom stereocenters. The molecule has 0 bridgehead atoms. The van der Waals surface area contributed by atoms with Crippen LogP contribution in [0.15, 0.2) is 35.2 Å². The highest BCUT2D eigenvalue weighted by molar-refractivity contribution is 7.89. The van der Waals surface area contributed by atoms with E-state index in [-0.39, 0.29) is 10.9 Å². The molecule has 1 aromatic rings. The van der Waals surface area contributed by atoms with E-state index >= 15 is 0 Å². The van der Waals surface area contributed by atoms with Gasteiger partial charge in [0.15, 0.2) is 0 Å². The van der Waals surface area contributed by atoms with Crippen LogP contribution in [-0.4, -0.2) is 30.6 Å². The summed E-state index contributed by atoms with van der Waals surface area (Å²) >= 11 is 0. The third-order valence-electron chi connectivity index (χ3n) is 3.22. The van der Waals surface area contributed by atoms with Gasteiger partial charge in [-0.3, -0.25) is 0 Å². The maximum atomic E-state index is 12.3. The van der Waals surface area contributed by atoms with Gasteiger partial charge in [-0.25, -0.2) is 8.42 Å². The molecular formula is C12H17NO3S. The standard InChI is InChI=1S/C12H17NO3S/c14-10-13(11-6-4-5-7-11)17(15,16)12-8-2-1-3-9-12/h1-3,8-9,11,14H,4-7,10H2. The van der Waals surface area contributed by atoms with Gasteiger partial charge in [-0.15, -0.1) is 0 Å². The Hall–Kier alpha value is -0.910. The number of hydrogen-bond donors (Lipinski definition) is 1. The molecule has 17 heavy (non-hydrogen) atoms. The van der Waals surface area contributed by atoms with E-state index in [0.717, 1.165) is 25.7 Å². The Morgan fingerprint density at radius 3 is 2.29 bits per heavy atom. The van der Waals surface area contributed by atoms with Crippen molar-refractivity contribution in [2.75, 3.05) is 6.73 Å². The minimum atomic E-state index is -3.55. The second-order valence-corrected chi connectivity index (χ2v) is 6.18. The number of rotatable bonds is 4. The predicted octanol–water partition coefficient (Wildman–Crippen LogP) is 1.57. The maximum absolute atomic E-state index is 12.3. The van der Waals surface area contributed by atoms with E-state index in [4.69, 9.17) is 0 Å². The number of hydrogen-bond acceptors (Lipinski definition) is 3. The lowest BCUT2D eigenvalue weighted by Crippen LogP contribution is -2.39. The maximum Gasteiger partial charge on any atom is 0.245 e. The first-order chi connectivity index (χ1) is 8.16. The van der Waals surface area contributed by atoms with Gasteiger partial charge < -0.3 is 5.11 Å². The van der Waals surface area contributed by atoms with Crippen LogP contribution in [0.4, 0.5) is 0 Å². The molecule has 0 aromatic heterocycles. The predicted molar refractivity (Wildman–Crippen MR) is 64.8 cm³/mol. The Bertz CT molecular complexity index is 452. The van der Waals surface area contributed by atoms with Crippen LogP contribution in [0.1, 0.15) is 25.7 Å². The molecule has 0 atom stereocenters. The second-order valence-electron chi connectivity index (χ2n) is 4.28. The van der Waals surface area contributed by atoms with Crippen LogP contribution in [0, 0.1) is 0 Å². The zero-order valence-electron chi connectivity index (χ0n) is 9.62. The fraction of sp³-hybridized carbons (Fsp3) is 0.500. The third-order valence-corrected chi connectivity index (χ3v) is 5.12. The third kappa shape index (κ3) is 2.51. The van der Waals surface area contributed by atoms with E-state index in [9.17, 15) is 13.5 Å². The lowest BCUT2D eigenvalue weighted by atomic mass is 10.3. The summed E-state index contributed by atoms with van der Waals surface area (Å²) in [4.78, 5) is 0.251. The van der Waals surface area contributed by atoms with Gasteiger partial charge in [0.25, 0.3) is 0 Å². The van der Waals surface area contributed by atoms with E-state index in [1.54, 1.807) is 30.3 Å². The molecular weight excluding hydrogens is 238 g/mol. The van der Waals surface area contributed by atoms with Crippen molar-refractivity contribution in [3.8, 4) is 0 Å². The Morgan fingerprint density at radius 2 is 1.76 bits per heavy atom. The minimum Gasteiger partial charge on any atom is -0.380 e. The van der Waals surface area contributed by atoms with Crippen LogP contribution < -0.4 is 0 Å². The average molecular weight is 255 g/mol. The first-order valence-corrected chi connectivity index (χ1v) is 7.28. The smallest absolute Gasteiger partial charge is 0.245 e. The molecule has 1 aliphatic rings. The van der Waals surface area contributed by atoms with E-state index in [0.29, 0.717) is 0 Å². The van der Waals surface area contributed by atoms with Gasteiger partial charge in [-0.1, -0.05) is 31.0 Å². The van der Waals surface area contributed by atoms with Crippen molar-refractivity contribution in [1.29, 1.82) is 0 Å². The summed E-state index contributed by atoms with van der Waals surface area (Å²) < 4.78 is 25.9. The largest absolute Gasteiger partial charge is 0.380 e. The van der Waals surface area contributed by atoms with Crippen molar-refractivity contribution in [2.45, 2.75) is 36.6 Å². The molecule has 4 nitrogen and oxygen atoms in total. The molecule has 94 valence electrons. The fourth-order valence-electron chi connectivity index (χ4n) is 2.31. The number of benzene rings is 1. The van der Waals surface area contributed by atoms with Gasteiger partial charge in [0.05, 0.1) is 4.90 Å². The minimum absolute atomic E-state index is 0.0507. The van der Waals surface area contributed by atoms with Crippen LogP contribution in [0.5, 0.6) is 0 Å². The van der Waals surface area contributed by atoms with Crippen molar-refractivity contribution in [2.24, 2.45) is 0 Å². The topological polar surface area (TPSA) is 57.6 Å². The molecule has 2 rings (SSSR count). The van der Waals surface area contributed by atoms with E-state index in [1.165, 1.54) is 4.31 Å². The van der Waals surface area contributed by atoms with Crippen molar-refractivity contribution in [3.63, 3.8) is 0 Å². The molecule has 1 aromatic carbocycles. The molecule has 1 aliphatic carbocycles. The van der Waals surface area contributed by atoms with Gasteiger partial charge >= 0.3 is 0 Å². The highest BCUT2D eigenvalue weighted by Crippen LogP contribution is 2.27. The van der Waals surface area contributed by atoms with Gasteiger partial charge in [0.2, 0.25) is 10.0 Å². The van der Waals surface area contributed by atoms with Crippen LogP contribution in [0.3, 0.4) is 0 Å². The average Bonchev–Trinajstić information content (AvgIpc) is 2.84. The highest BCUT2D eigenvalue weighted by atomic mass is 32.2. The zero-order chi connectivity index (χ0) is 12.3. The molecule has 5 heteroatoms. The SMILES string of the molecule is O=S(=O)(c1ccccc1)N(CO)C1CCCC1. The summed E-state index contributed by atoms with van der Waals surface area (Å²) in [6.45, 7) is -0.443. The van der Waals surface area contributed by atoms with Crippen LogP contribution in [0.25, 0.3) is 0 Å². The molecule has 1 fully saturated rings. The Morgan fingerprint density at radius 1 is 1.18 bits per heavy atom. The Labute approximate surface area is 102 Å². The van der Waals surface area contributed by atoms with Crippen LogP contribution in [-0.2, 0) is 10.0 Å². The summed E-state index contributed by atoms with van der Waals surface area (Å²) in [7, 11) is -3.55. The second kappa shape index (κ2) is 5.16. The molecule has 1 N–H and O–H groups in total. The molecule has 0 radical (unpaired) electrons. The normalized spacial score (nSPS) is 17.8. The van der Waals surface area contributed by atoms with E-state index in [2.05, 4.69) is 0 Å². The first kappa shape index (κ1) is 12.5. The quantitative estimate of drug-likeness (QED) is 0.831. The zero-order valence-corrected chi connectivity index (χ0v) is 10.4. The lowest BCUT2D eigenvalue weighted by Gasteiger charge is -2.25. The lowest BCUT2D eigenvalue weighted by molar-refractivity contribution is 0.146. The Balaban J connectivity index is 2.29. The van der Waals surface area contributed by atoms with Gasteiger partial charge in [-0.2, -0.15) is 4.31 Å². The summed E-state index contributed by atoms with van der Waals surface area (Å²) in [6, 6.07) is 8.23. The summed E-state index contributed by atoms with van der Waals surface area (Å²) in [5.74, 6) is 0. The van der Waals surface area contributed by atoms with E-state index in [1.807, 2.05) is 0 Å². The summed E-state index contributed by atoms with van der Waals surface area (Å²) in [5.41, 5.74) is 0. The number of sulfonamides is 1. The fourth-order valence-corrected chi connectivity index (χ4v) is 3.84. The van der Waals surface area contributed by atoms with Gasteiger partial charge in [-0.05, 0) is 25.0 Å². The van der Waals surface area contributed by atoms with Crippen molar-refractivity contribution in [3.05, 3.63) is 30.3 Å². The van der Waals surface area contributed by atoms with E-state index < -0.39 is 16.8 Å².